The second-order valence-corrected chi connectivity index (χ2v) is 6.13. The lowest BCUT2D eigenvalue weighted by molar-refractivity contribution is 0.0946. The summed E-state index contributed by atoms with van der Waals surface area (Å²) >= 11 is 0. The summed E-state index contributed by atoms with van der Waals surface area (Å²) in [5, 5.41) is 2.90. The fourth-order valence-electron chi connectivity index (χ4n) is 2.66. The van der Waals surface area contributed by atoms with Crippen LogP contribution in [0.5, 0.6) is 5.75 Å². The van der Waals surface area contributed by atoms with Gasteiger partial charge in [0, 0.05) is 12.7 Å². The molecule has 0 spiro atoms. The molecule has 2 aromatic heterocycles. The quantitative estimate of drug-likeness (QED) is 0.480. The Morgan fingerprint density at radius 2 is 2.07 bits per heavy atom. The van der Waals surface area contributed by atoms with E-state index in [4.69, 9.17) is 4.74 Å². The van der Waals surface area contributed by atoms with Crippen LogP contribution in [0.2, 0.25) is 0 Å². The number of hydrogen-bond donors (Lipinski definition) is 1. The smallest absolute Gasteiger partial charge is 0.270 e. The number of fused-ring (bicyclic) bond motifs is 1. The molecule has 0 radical (unpaired) electrons. The first-order valence-electron chi connectivity index (χ1n) is 9.09. The normalized spacial score (nSPS) is 11.0. The third-order valence-electron chi connectivity index (χ3n) is 4.06. The minimum atomic E-state index is -0.210. The number of nitrogens with one attached hydrogen (secondary N) is 1. The van der Waals surface area contributed by atoms with Crippen molar-refractivity contribution in [3.63, 3.8) is 0 Å². The lowest BCUT2D eigenvalue weighted by atomic mass is 10.2. The predicted octanol–water partition coefficient (Wildman–Crippen LogP) is 4.29. The number of hydrogen-bond acceptors (Lipinski definition) is 4. The third kappa shape index (κ3) is 5.38. The molecular formula is C22H23N3O2. The molecule has 138 valence electrons. The van der Waals surface area contributed by atoms with Gasteiger partial charge < -0.3 is 10.1 Å². The molecule has 1 N–H and O–H groups in total. The van der Waals surface area contributed by atoms with Crippen LogP contribution >= 0.6 is 0 Å². The Balaban J connectivity index is 1.55. The number of pyridine rings is 2. The molecule has 5 heteroatoms. The molecule has 0 saturated carbocycles. The highest BCUT2D eigenvalue weighted by molar-refractivity contribution is 5.94. The van der Waals surface area contributed by atoms with Crippen molar-refractivity contribution in [2.24, 2.45) is 0 Å². The van der Waals surface area contributed by atoms with Crippen molar-refractivity contribution in [2.45, 2.75) is 26.3 Å². The Kier molecular flexibility index (Phi) is 6.52. The van der Waals surface area contributed by atoms with Crippen molar-refractivity contribution >= 4 is 16.9 Å². The molecule has 3 aromatic rings. The van der Waals surface area contributed by atoms with E-state index in [2.05, 4.69) is 21.4 Å². The van der Waals surface area contributed by atoms with Gasteiger partial charge in [0.05, 0.1) is 17.6 Å². The summed E-state index contributed by atoms with van der Waals surface area (Å²) in [6.45, 7) is 3.11. The predicted molar refractivity (Wildman–Crippen MR) is 107 cm³/mol. The van der Waals surface area contributed by atoms with Crippen molar-refractivity contribution in [1.29, 1.82) is 0 Å². The Bertz CT molecular complexity index is 937. The summed E-state index contributed by atoms with van der Waals surface area (Å²) in [5.41, 5.74) is 2.84. The molecule has 0 fully saturated rings. The summed E-state index contributed by atoms with van der Waals surface area (Å²) < 4.78 is 5.77. The zero-order valence-corrected chi connectivity index (χ0v) is 15.4. The molecule has 27 heavy (non-hydrogen) atoms. The molecule has 0 aliphatic heterocycles. The van der Waals surface area contributed by atoms with E-state index in [1.807, 2.05) is 43.3 Å². The number of rotatable bonds is 8. The number of aromatic nitrogens is 2. The Labute approximate surface area is 159 Å². The average molecular weight is 361 g/mol. The van der Waals surface area contributed by atoms with Crippen LogP contribution in [-0.4, -0.2) is 22.5 Å². The highest BCUT2D eigenvalue weighted by atomic mass is 16.5. The third-order valence-corrected chi connectivity index (χ3v) is 4.06. The summed E-state index contributed by atoms with van der Waals surface area (Å²) in [6.07, 6.45) is 7.88. The number of benzene rings is 1. The largest absolute Gasteiger partial charge is 0.494 e. The van der Waals surface area contributed by atoms with Gasteiger partial charge in [0.2, 0.25) is 0 Å². The van der Waals surface area contributed by atoms with E-state index in [1.54, 1.807) is 24.4 Å². The van der Waals surface area contributed by atoms with Crippen LogP contribution in [0, 0.1) is 0 Å². The van der Waals surface area contributed by atoms with Gasteiger partial charge in [0.25, 0.3) is 5.91 Å². The van der Waals surface area contributed by atoms with E-state index in [1.165, 1.54) is 0 Å². The summed E-state index contributed by atoms with van der Waals surface area (Å²) in [5.74, 6) is 0.607. The zero-order chi connectivity index (χ0) is 18.9. The number of allylic oxidation sites excluding steroid dienone is 2. The standard InChI is InChI=1S/C22H23N3O2/c1-2-3-4-5-14-27-18-9-6-8-17(15-18)16-24-22(26)21-12-11-19-20(25-21)10-7-13-23-19/h2-3,6-13,15H,4-5,14,16H2,1H3,(H,24,26). The maximum absolute atomic E-state index is 12.4. The molecule has 5 nitrogen and oxygen atoms in total. The van der Waals surface area contributed by atoms with E-state index < -0.39 is 0 Å². The summed E-state index contributed by atoms with van der Waals surface area (Å²) in [6, 6.07) is 14.9. The lowest BCUT2D eigenvalue weighted by Gasteiger charge is -2.09. The minimum Gasteiger partial charge on any atom is -0.494 e. The van der Waals surface area contributed by atoms with Gasteiger partial charge in [-0.25, -0.2) is 4.98 Å². The van der Waals surface area contributed by atoms with Crippen molar-refractivity contribution in [2.75, 3.05) is 6.61 Å². The number of ether oxygens (including phenoxy) is 1. The maximum Gasteiger partial charge on any atom is 0.270 e. The van der Waals surface area contributed by atoms with E-state index in [0.29, 0.717) is 24.4 Å². The van der Waals surface area contributed by atoms with Crippen molar-refractivity contribution in [1.82, 2.24) is 15.3 Å². The molecule has 1 amide bonds. The van der Waals surface area contributed by atoms with E-state index >= 15 is 0 Å². The Hall–Kier alpha value is -3.21. The molecule has 0 atom stereocenters. The van der Waals surface area contributed by atoms with Gasteiger partial charge in [-0.2, -0.15) is 0 Å². The number of carbonyl (C=O) groups is 1. The van der Waals surface area contributed by atoms with Crippen LogP contribution in [0.1, 0.15) is 35.8 Å². The molecular weight excluding hydrogens is 338 g/mol. The topological polar surface area (TPSA) is 64.1 Å². The van der Waals surface area contributed by atoms with Crippen molar-refractivity contribution in [3.8, 4) is 5.75 Å². The van der Waals surface area contributed by atoms with Gasteiger partial charge in [-0.3, -0.25) is 9.78 Å². The Morgan fingerprint density at radius 3 is 2.96 bits per heavy atom. The summed E-state index contributed by atoms with van der Waals surface area (Å²) in [4.78, 5) is 21.0. The van der Waals surface area contributed by atoms with Crippen LogP contribution in [0.4, 0.5) is 0 Å². The molecule has 0 aliphatic carbocycles. The summed E-state index contributed by atoms with van der Waals surface area (Å²) in [7, 11) is 0. The lowest BCUT2D eigenvalue weighted by Crippen LogP contribution is -2.23. The molecule has 0 saturated heterocycles. The van der Waals surface area contributed by atoms with Gasteiger partial charge in [-0.15, -0.1) is 0 Å². The Morgan fingerprint density at radius 1 is 1.15 bits per heavy atom. The van der Waals surface area contributed by atoms with Gasteiger partial charge in [0.1, 0.15) is 11.4 Å². The van der Waals surface area contributed by atoms with Crippen molar-refractivity contribution in [3.05, 3.63) is 78.1 Å². The number of carbonyl (C=O) groups excluding carboxylic acids is 1. The number of nitrogens with zero attached hydrogens (tertiary/aromatic N) is 2. The monoisotopic (exact) mass is 361 g/mol. The number of unbranched alkanes of at least 4 members (excludes halogenated alkanes) is 1. The first-order valence-corrected chi connectivity index (χ1v) is 9.09. The maximum atomic E-state index is 12.4. The van der Waals surface area contributed by atoms with E-state index in [0.717, 1.165) is 29.7 Å². The van der Waals surface area contributed by atoms with Crippen LogP contribution in [0.15, 0.2) is 66.9 Å². The fourth-order valence-corrected chi connectivity index (χ4v) is 2.66. The zero-order valence-electron chi connectivity index (χ0n) is 15.4. The van der Waals surface area contributed by atoms with Gasteiger partial charge in [-0.05, 0) is 61.7 Å². The van der Waals surface area contributed by atoms with E-state index in [-0.39, 0.29) is 5.91 Å². The minimum absolute atomic E-state index is 0.210. The molecule has 1 aromatic carbocycles. The van der Waals surface area contributed by atoms with Crippen LogP contribution < -0.4 is 10.1 Å². The highest BCUT2D eigenvalue weighted by Gasteiger charge is 2.08. The number of amides is 1. The van der Waals surface area contributed by atoms with E-state index in [9.17, 15) is 4.79 Å². The first kappa shape index (κ1) is 18.6. The van der Waals surface area contributed by atoms with Gasteiger partial charge in [-0.1, -0.05) is 24.3 Å². The van der Waals surface area contributed by atoms with Gasteiger partial charge >= 0.3 is 0 Å². The first-order chi connectivity index (χ1) is 13.3. The highest BCUT2D eigenvalue weighted by Crippen LogP contribution is 2.14. The molecule has 3 rings (SSSR count). The second-order valence-electron chi connectivity index (χ2n) is 6.13. The van der Waals surface area contributed by atoms with Crippen molar-refractivity contribution < 1.29 is 9.53 Å². The molecule has 2 heterocycles. The SMILES string of the molecule is CC=CCCCOc1cccc(CNC(=O)c2ccc3ncccc3n2)c1. The average Bonchev–Trinajstić information content (AvgIpc) is 2.72. The van der Waals surface area contributed by atoms with Crippen LogP contribution in [-0.2, 0) is 6.54 Å². The van der Waals surface area contributed by atoms with Crippen LogP contribution in [0.25, 0.3) is 11.0 Å². The molecule has 0 aliphatic rings. The molecule has 0 bridgehead atoms. The fraction of sp³-hybridized carbons (Fsp3) is 0.227. The molecule has 0 unspecified atom stereocenters. The van der Waals surface area contributed by atoms with Crippen LogP contribution in [0.3, 0.4) is 0 Å². The second kappa shape index (κ2) is 9.48. The van der Waals surface area contributed by atoms with Gasteiger partial charge in [0.15, 0.2) is 0 Å².